The second-order valence-electron chi connectivity index (χ2n) is 6.67. The van der Waals surface area contributed by atoms with Gasteiger partial charge in [0, 0.05) is 48.9 Å². The molecule has 1 aromatic carbocycles. The van der Waals surface area contributed by atoms with Gasteiger partial charge in [-0.3, -0.25) is 0 Å². The quantitative estimate of drug-likeness (QED) is 0.532. The Bertz CT molecular complexity index is 1090. The molecule has 1 aliphatic rings. The van der Waals surface area contributed by atoms with E-state index in [2.05, 4.69) is 37.5 Å². The molecule has 0 atom stereocenters. The summed E-state index contributed by atoms with van der Waals surface area (Å²) in [6.45, 7) is 3.69. The molecule has 0 unspecified atom stereocenters. The predicted octanol–water partition coefficient (Wildman–Crippen LogP) is 3.19. The number of nitrogens with zero attached hydrogens (tertiary/aromatic N) is 6. The summed E-state index contributed by atoms with van der Waals surface area (Å²) in [7, 11) is 1.70. The van der Waals surface area contributed by atoms with Crippen molar-refractivity contribution < 1.29 is 4.74 Å². The van der Waals surface area contributed by atoms with E-state index < -0.39 is 0 Å². The molecule has 4 heterocycles. The number of fused-ring (bicyclic) bond motifs is 1. The van der Waals surface area contributed by atoms with Crippen molar-refractivity contribution in [3.63, 3.8) is 0 Å². The van der Waals surface area contributed by atoms with Gasteiger partial charge in [-0.15, -0.1) is 15.3 Å². The second kappa shape index (κ2) is 7.12. The number of hydrogen-bond donors (Lipinski definition) is 0. The number of rotatable bonds is 4. The zero-order valence-corrected chi connectivity index (χ0v) is 16.3. The molecule has 3 aromatic heterocycles. The van der Waals surface area contributed by atoms with Gasteiger partial charge in [-0.25, -0.2) is 0 Å². The fraction of sp³-hybridized carbons (Fsp3) is 0.250. The summed E-state index contributed by atoms with van der Waals surface area (Å²) < 4.78 is 7.19. The van der Waals surface area contributed by atoms with Gasteiger partial charge in [0.15, 0.2) is 11.5 Å². The largest absolute Gasteiger partial charge is 0.497 e. The highest BCUT2D eigenvalue weighted by Gasteiger charge is 2.20. The molecule has 28 heavy (non-hydrogen) atoms. The van der Waals surface area contributed by atoms with E-state index in [1.165, 1.54) is 5.69 Å². The van der Waals surface area contributed by atoms with Crippen LogP contribution in [-0.2, 0) is 0 Å². The first-order valence-corrected chi connectivity index (χ1v) is 10.1. The standard InChI is InChI=1S/C20H20N6OS/c1-27-17-4-2-3-16(13-17)24-8-10-25(11-9-24)19-6-5-18-21-22-20(26(18)23-19)15-7-12-28-14-15/h2-7,12-14H,8-11H2,1H3. The molecule has 1 saturated heterocycles. The summed E-state index contributed by atoms with van der Waals surface area (Å²) >= 11 is 1.65. The van der Waals surface area contributed by atoms with E-state index in [9.17, 15) is 0 Å². The van der Waals surface area contributed by atoms with Crippen LogP contribution in [0, 0.1) is 0 Å². The number of ether oxygens (including phenoxy) is 1. The molecule has 0 saturated carbocycles. The molecule has 0 radical (unpaired) electrons. The Labute approximate surface area is 166 Å². The van der Waals surface area contributed by atoms with E-state index in [0.29, 0.717) is 0 Å². The third-order valence-electron chi connectivity index (χ3n) is 5.05. The molecule has 8 heteroatoms. The third-order valence-corrected chi connectivity index (χ3v) is 5.73. The molecule has 142 valence electrons. The molecule has 0 amide bonds. The maximum atomic E-state index is 5.35. The Hall–Kier alpha value is -3.13. The monoisotopic (exact) mass is 392 g/mol. The van der Waals surface area contributed by atoms with Gasteiger partial charge < -0.3 is 14.5 Å². The zero-order valence-electron chi connectivity index (χ0n) is 15.5. The third kappa shape index (κ3) is 3.05. The molecular weight excluding hydrogens is 372 g/mol. The van der Waals surface area contributed by atoms with Crippen molar-refractivity contribution >= 4 is 28.5 Å². The summed E-state index contributed by atoms with van der Waals surface area (Å²) in [5.41, 5.74) is 3.01. The lowest BCUT2D eigenvalue weighted by Crippen LogP contribution is -2.47. The first kappa shape index (κ1) is 17.0. The SMILES string of the molecule is COc1cccc(N2CCN(c3ccc4nnc(-c5ccsc5)n4n3)CC2)c1. The lowest BCUT2D eigenvalue weighted by molar-refractivity contribution is 0.414. The van der Waals surface area contributed by atoms with Crippen molar-refractivity contribution in [1.82, 2.24) is 19.8 Å². The van der Waals surface area contributed by atoms with Crippen LogP contribution in [0.25, 0.3) is 17.0 Å². The minimum atomic E-state index is 0.764. The van der Waals surface area contributed by atoms with Crippen molar-refractivity contribution in [3.05, 3.63) is 53.2 Å². The second-order valence-corrected chi connectivity index (χ2v) is 7.45. The van der Waals surface area contributed by atoms with Crippen LogP contribution < -0.4 is 14.5 Å². The first-order chi connectivity index (χ1) is 13.8. The average molecular weight is 392 g/mol. The van der Waals surface area contributed by atoms with Crippen molar-refractivity contribution in [3.8, 4) is 17.1 Å². The maximum Gasteiger partial charge on any atom is 0.186 e. The highest BCUT2D eigenvalue weighted by Crippen LogP contribution is 2.25. The van der Waals surface area contributed by atoms with Crippen LogP contribution in [0.2, 0.25) is 0 Å². The lowest BCUT2D eigenvalue weighted by Gasteiger charge is -2.36. The van der Waals surface area contributed by atoms with Crippen molar-refractivity contribution in [1.29, 1.82) is 0 Å². The molecule has 5 rings (SSSR count). The Morgan fingerprint density at radius 1 is 0.964 bits per heavy atom. The number of hydrogen-bond acceptors (Lipinski definition) is 7. The molecular formula is C20H20N6OS. The number of thiophene rings is 1. The predicted molar refractivity (Wildman–Crippen MR) is 112 cm³/mol. The molecule has 0 aliphatic carbocycles. The summed E-state index contributed by atoms with van der Waals surface area (Å²) in [5, 5.41) is 17.5. The molecule has 0 spiro atoms. The molecule has 4 aromatic rings. The van der Waals surface area contributed by atoms with E-state index in [-0.39, 0.29) is 0 Å². The number of anilines is 2. The van der Waals surface area contributed by atoms with Crippen LogP contribution in [0.1, 0.15) is 0 Å². The topological polar surface area (TPSA) is 58.8 Å². The van der Waals surface area contributed by atoms with Crippen LogP contribution >= 0.6 is 11.3 Å². The van der Waals surface area contributed by atoms with E-state index in [0.717, 1.165) is 54.8 Å². The Balaban J connectivity index is 1.36. The van der Waals surface area contributed by atoms with Crippen LogP contribution in [0.3, 0.4) is 0 Å². The Morgan fingerprint density at radius 2 is 1.82 bits per heavy atom. The fourth-order valence-corrected chi connectivity index (χ4v) is 4.15. The molecule has 1 fully saturated rings. The highest BCUT2D eigenvalue weighted by molar-refractivity contribution is 7.08. The van der Waals surface area contributed by atoms with Crippen LogP contribution in [0.15, 0.2) is 53.2 Å². The number of benzene rings is 1. The van der Waals surface area contributed by atoms with Crippen LogP contribution in [0.5, 0.6) is 5.75 Å². The van der Waals surface area contributed by atoms with Crippen molar-refractivity contribution in [2.45, 2.75) is 0 Å². The number of methoxy groups -OCH3 is 1. The van der Waals surface area contributed by atoms with Crippen LogP contribution in [-0.4, -0.2) is 53.1 Å². The lowest BCUT2D eigenvalue weighted by atomic mass is 10.2. The van der Waals surface area contributed by atoms with Gasteiger partial charge in [0.05, 0.1) is 7.11 Å². The Morgan fingerprint density at radius 3 is 2.61 bits per heavy atom. The number of piperazine rings is 1. The van der Waals surface area contributed by atoms with E-state index in [1.54, 1.807) is 18.4 Å². The van der Waals surface area contributed by atoms with Crippen LogP contribution in [0.4, 0.5) is 11.5 Å². The highest BCUT2D eigenvalue weighted by atomic mass is 32.1. The summed E-state index contributed by atoms with van der Waals surface area (Å²) in [4.78, 5) is 4.70. The van der Waals surface area contributed by atoms with Gasteiger partial charge in [-0.2, -0.15) is 15.9 Å². The Kier molecular flexibility index (Phi) is 4.32. The van der Waals surface area contributed by atoms with Gasteiger partial charge >= 0.3 is 0 Å². The first-order valence-electron chi connectivity index (χ1n) is 9.21. The summed E-state index contributed by atoms with van der Waals surface area (Å²) in [6.07, 6.45) is 0. The van der Waals surface area contributed by atoms with Crippen molar-refractivity contribution in [2.24, 2.45) is 0 Å². The average Bonchev–Trinajstić information content (AvgIpc) is 3.43. The molecule has 7 nitrogen and oxygen atoms in total. The van der Waals surface area contributed by atoms with Gasteiger partial charge in [0.1, 0.15) is 11.6 Å². The maximum absolute atomic E-state index is 5.35. The van der Waals surface area contributed by atoms with E-state index >= 15 is 0 Å². The normalized spacial score (nSPS) is 14.6. The van der Waals surface area contributed by atoms with Gasteiger partial charge in [0.2, 0.25) is 0 Å². The molecule has 0 bridgehead atoms. The smallest absolute Gasteiger partial charge is 0.186 e. The van der Waals surface area contributed by atoms with Gasteiger partial charge in [0.25, 0.3) is 0 Å². The minimum absolute atomic E-state index is 0.764. The number of aromatic nitrogens is 4. The van der Waals surface area contributed by atoms with E-state index in [4.69, 9.17) is 9.84 Å². The molecule has 1 aliphatic heterocycles. The summed E-state index contributed by atoms with van der Waals surface area (Å²) in [5.74, 6) is 2.63. The van der Waals surface area contributed by atoms with E-state index in [1.807, 2.05) is 40.2 Å². The summed E-state index contributed by atoms with van der Waals surface area (Å²) in [6, 6.07) is 14.3. The van der Waals surface area contributed by atoms with Gasteiger partial charge in [-0.1, -0.05) is 6.07 Å². The zero-order chi connectivity index (χ0) is 18.9. The fourth-order valence-electron chi connectivity index (χ4n) is 3.52. The van der Waals surface area contributed by atoms with Gasteiger partial charge in [-0.05, 0) is 35.7 Å². The minimum Gasteiger partial charge on any atom is -0.497 e. The van der Waals surface area contributed by atoms with Crippen molar-refractivity contribution in [2.75, 3.05) is 43.1 Å². The molecule has 0 N–H and O–H groups in total.